The average molecular weight is 318 g/mol. The molecule has 0 N–H and O–H groups in total. The lowest BCUT2D eigenvalue weighted by molar-refractivity contribution is -0.139. The Kier molecular flexibility index (Phi) is 6.20. The van der Waals surface area contributed by atoms with Crippen molar-refractivity contribution in [1.82, 2.24) is 0 Å². The van der Waals surface area contributed by atoms with Gasteiger partial charge in [0, 0.05) is 12.0 Å². The van der Waals surface area contributed by atoms with E-state index in [4.69, 9.17) is 4.74 Å². The summed E-state index contributed by atoms with van der Waals surface area (Å²) in [6.07, 6.45) is 6.57. The zero-order chi connectivity index (χ0) is 17.0. The molecule has 0 aromatic heterocycles. The van der Waals surface area contributed by atoms with Gasteiger partial charge in [-0.15, -0.1) is 0 Å². The largest absolute Gasteiger partial charge is 0.462 e. The number of esters is 1. The molecule has 2 unspecified atom stereocenters. The van der Waals surface area contributed by atoms with Crippen molar-refractivity contribution in [1.29, 1.82) is 0 Å². The van der Waals surface area contributed by atoms with E-state index in [0.717, 1.165) is 44.1 Å². The first-order valence-electron chi connectivity index (χ1n) is 9.04. The highest BCUT2D eigenvalue weighted by Gasteiger charge is 2.38. The standard InChI is InChI=1S/C20H30O3/c1-5-6-7-10-23-20(22)14(3)16-9-8-13(2)17-12-19(21)15(4)18(17)11-16/h13,16-17H,3,5-12H2,1-2,4H3/t13?,16-,17?/m0/s1. The molecule has 23 heavy (non-hydrogen) atoms. The quantitative estimate of drug-likeness (QED) is 0.408. The summed E-state index contributed by atoms with van der Waals surface area (Å²) in [5, 5.41) is 0. The summed E-state index contributed by atoms with van der Waals surface area (Å²) in [5.74, 6) is 1.03. The van der Waals surface area contributed by atoms with Gasteiger partial charge in [0.15, 0.2) is 5.78 Å². The Morgan fingerprint density at radius 3 is 2.70 bits per heavy atom. The lowest BCUT2D eigenvalue weighted by Gasteiger charge is -2.19. The van der Waals surface area contributed by atoms with Crippen molar-refractivity contribution in [3.8, 4) is 0 Å². The number of ether oxygens (including phenoxy) is 1. The molecular weight excluding hydrogens is 288 g/mol. The zero-order valence-electron chi connectivity index (χ0n) is 14.8. The summed E-state index contributed by atoms with van der Waals surface area (Å²) >= 11 is 0. The number of carbonyl (C=O) groups excluding carboxylic acids is 2. The summed E-state index contributed by atoms with van der Waals surface area (Å²) in [5.41, 5.74) is 2.79. The topological polar surface area (TPSA) is 43.4 Å². The molecule has 3 atom stereocenters. The maximum Gasteiger partial charge on any atom is 0.333 e. The van der Waals surface area contributed by atoms with Crippen LogP contribution in [0.3, 0.4) is 0 Å². The number of carbonyl (C=O) groups is 2. The molecule has 1 fully saturated rings. The molecule has 128 valence electrons. The Hall–Kier alpha value is -1.38. The van der Waals surface area contributed by atoms with E-state index >= 15 is 0 Å². The molecule has 3 heteroatoms. The summed E-state index contributed by atoms with van der Waals surface area (Å²) in [7, 11) is 0. The van der Waals surface area contributed by atoms with Crippen molar-refractivity contribution >= 4 is 11.8 Å². The Morgan fingerprint density at radius 2 is 2.00 bits per heavy atom. The Bertz CT molecular complexity index is 515. The van der Waals surface area contributed by atoms with E-state index < -0.39 is 0 Å². The summed E-state index contributed by atoms with van der Waals surface area (Å²) in [6, 6.07) is 0. The van der Waals surface area contributed by atoms with Crippen LogP contribution in [-0.2, 0) is 14.3 Å². The van der Waals surface area contributed by atoms with Gasteiger partial charge < -0.3 is 4.74 Å². The van der Waals surface area contributed by atoms with Crippen LogP contribution in [0, 0.1) is 17.8 Å². The van der Waals surface area contributed by atoms with Gasteiger partial charge in [-0.1, -0.05) is 38.8 Å². The van der Waals surface area contributed by atoms with Crippen molar-refractivity contribution in [3.05, 3.63) is 23.3 Å². The predicted molar refractivity (Wildman–Crippen MR) is 91.9 cm³/mol. The number of unbranched alkanes of at least 4 members (excludes halogenated alkanes) is 2. The molecule has 0 radical (unpaired) electrons. The minimum atomic E-state index is -0.250. The molecule has 0 heterocycles. The molecule has 3 nitrogen and oxygen atoms in total. The zero-order valence-corrected chi connectivity index (χ0v) is 14.8. The van der Waals surface area contributed by atoms with Crippen molar-refractivity contribution in [2.24, 2.45) is 17.8 Å². The molecule has 2 aliphatic rings. The SMILES string of the molecule is C=C(C(=O)OCCCCC)[C@H]1CCC(C)C2CC(=O)C(C)=C2C1. The Balaban J connectivity index is 2.01. The molecule has 0 amide bonds. The molecule has 2 aliphatic carbocycles. The normalized spacial score (nSPS) is 27.6. The molecule has 0 aromatic rings. The molecule has 0 aromatic carbocycles. The molecule has 0 aliphatic heterocycles. The summed E-state index contributed by atoms with van der Waals surface area (Å²) in [4.78, 5) is 24.3. The second-order valence-electron chi connectivity index (χ2n) is 7.21. The van der Waals surface area contributed by atoms with E-state index in [9.17, 15) is 9.59 Å². The minimum absolute atomic E-state index is 0.122. The highest BCUT2D eigenvalue weighted by Crippen LogP contribution is 2.45. The van der Waals surface area contributed by atoms with E-state index in [1.54, 1.807) is 0 Å². The maximum absolute atomic E-state index is 12.2. The van der Waals surface area contributed by atoms with Gasteiger partial charge in [0.25, 0.3) is 0 Å². The molecule has 0 saturated heterocycles. The fourth-order valence-electron chi connectivity index (χ4n) is 3.89. The van der Waals surface area contributed by atoms with Crippen molar-refractivity contribution in [3.63, 3.8) is 0 Å². The fraction of sp³-hybridized carbons (Fsp3) is 0.700. The number of hydrogen-bond acceptors (Lipinski definition) is 3. The monoisotopic (exact) mass is 318 g/mol. The maximum atomic E-state index is 12.2. The van der Waals surface area contributed by atoms with Crippen molar-refractivity contribution < 1.29 is 14.3 Å². The van der Waals surface area contributed by atoms with Crippen LogP contribution >= 0.6 is 0 Å². The third-order valence-electron chi connectivity index (χ3n) is 5.61. The van der Waals surface area contributed by atoms with Crippen molar-refractivity contribution in [2.45, 2.75) is 65.7 Å². The Morgan fingerprint density at radius 1 is 1.26 bits per heavy atom. The van der Waals surface area contributed by atoms with Gasteiger partial charge in [-0.3, -0.25) is 4.79 Å². The summed E-state index contributed by atoms with van der Waals surface area (Å²) in [6.45, 7) is 10.8. The lowest BCUT2D eigenvalue weighted by Crippen LogP contribution is -2.16. The van der Waals surface area contributed by atoms with Crippen LogP contribution in [-0.4, -0.2) is 18.4 Å². The number of hydrogen-bond donors (Lipinski definition) is 0. The number of fused-ring (bicyclic) bond motifs is 1. The van der Waals surface area contributed by atoms with E-state index in [1.807, 2.05) is 6.92 Å². The van der Waals surface area contributed by atoms with Crippen LogP contribution in [0.4, 0.5) is 0 Å². The van der Waals surface area contributed by atoms with Gasteiger partial charge in [-0.25, -0.2) is 4.79 Å². The van der Waals surface area contributed by atoms with E-state index in [0.29, 0.717) is 30.4 Å². The summed E-state index contributed by atoms with van der Waals surface area (Å²) < 4.78 is 5.36. The molecule has 0 spiro atoms. The third kappa shape index (κ3) is 4.13. The molecule has 1 saturated carbocycles. The van der Waals surface area contributed by atoms with Crippen molar-refractivity contribution in [2.75, 3.05) is 6.61 Å². The van der Waals surface area contributed by atoms with Crippen LogP contribution < -0.4 is 0 Å². The second-order valence-corrected chi connectivity index (χ2v) is 7.21. The van der Waals surface area contributed by atoms with Gasteiger partial charge >= 0.3 is 5.97 Å². The van der Waals surface area contributed by atoms with E-state index in [1.165, 1.54) is 5.57 Å². The van der Waals surface area contributed by atoms with E-state index in [-0.39, 0.29) is 17.7 Å². The van der Waals surface area contributed by atoms with Gasteiger partial charge in [0.1, 0.15) is 0 Å². The van der Waals surface area contributed by atoms with Gasteiger partial charge in [-0.2, -0.15) is 0 Å². The van der Waals surface area contributed by atoms with Gasteiger partial charge in [-0.05, 0) is 55.9 Å². The average Bonchev–Trinajstić information content (AvgIpc) is 2.71. The number of Topliss-reactive ketones (excluding diaryl/α,β-unsaturated/α-hetero) is 1. The first-order chi connectivity index (χ1) is 11.0. The lowest BCUT2D eigenvalue weighted by atomic mass is 9.86. The highest BCUT2D eigenvalue weighted by atomic mass is 16.5. The number of rotatable bonds is 6. The second kappa shape index (κ2) is 7.94. The predicted octanol–water partition coefficient (Wildman–Crippen LogP) is 4.62. The molecule has 0 bridgehead atoms. The molecular formula is C20H30O3. The van der Waals surface area contributed by atoms with Crippen LogP contribution in [0.15, 0.2) is 23.3 Å². The van der Waals surface area contributed by atoms with E-state index in [2.05, 4.69) is 20.4 Å². The third-order valence-corrected chi connectivity index (χ3v) is 5.61. The fourth-order valence-corrected chi connectivity index (χ4v) is 3.89. The van der Waals surface area contributed by atoms with Crippen LogP contribution in [0.25, 0.3) is 0 Å². The van der Waals surface area contributed by atoms with Gasteiger partial charge in [0.05, 0.1) is 6.61 Å². The number of ketones is 1. The van der Waals surface area contributed by atoms with Crippen LogP contribution in [0.2, 0.25) is 0 Å². The highest BCUT2D eigenvalue weighted by molar-refractivity contribution is 5.98. The smallest absolute Gasteiger partial charge is 0.333 e. The van der Waals surface area contributed by atoms with Crippen LogP contribution in [0.5, 0.6) is 0 Å². The number of allylic oxidation sites excluding steroid dienone is 2. The Labute approximate surface area is 140 Å². The van der Waals surface area contributed by atoms with Crippen LogP contribution in [0.1, 0.15) is 65.7 Å². The molecule has 2 rings (SSSR count). The van der Waals surface area contributed by atoms with Gasteiger partial charge in [0.2, 0.25) is 0 Å². The first-order valence-corrected chi connectivity index (χ1v) is 9.04. The minimum Gasteiger partial charge on any atom is -0.462 e. The first kappa shape index (κ1) is 18.0.